The molecule has 0 fully saturated rings. The minimum atomic E-state index is 0.823. The van der Waals surface area contributed by atoms with Crippen molar-refractivity contribution in [3.8, 4) is 0 Å². The predicted octanol–water partition coefficient (Wildman–Crippen LogP) is 3.63. The Morgan fingerprint density at radius 2 is 2.09 bits per heavy atom. The average molecular weight is 152 g/mol. The lowest BCUT2D eigenvalue weighted by Gasteiger charge is -2.33. The average Bonchev–Trinajstić information content (AvgIpc) is 1.99. The Morgan fingerprint density at radius 1 is 1.45 bits per heavy atom. The highest BCUT2D eigenvalue weighted by atomic mass is 14.3. The first-order valence-corrected chi connectivity index (χ1v) is 4.83. The highest BCUT2D eigenvalue weighted by Crippen LogP contribution is 2.36. The molecule has 0 aromatic rings. The highest BCUT2D eigenvalue weighted by Gasteiger charge is 2.25. The van der Waals surface area contributed by atoms with Gasteiger partial charge in [0, 0.05) is 0 Å². The fourth-order valence-corrected chi connectivity index (χ4v) is 2.32. The van der Waals surface area contributed by atoms with E-state index in [0.717, 1.165) is 17.8 Å². The van der Waals surface area contributed by atoms with E-state index in [-0.39, 0.29) is 0 Å². The maximum atomic E-state index is 2.42. The van der Waals surface area contributed by atoms with E-state index in [1.54, 1.807) is 5.57 Å². The zero-order valence-corrected chi connectivity index (χ0v) is 8.22. The Bertz CT molecular complexity index is 155. The Kier molecular flexibility index (Phi) is 2.75. The Hall–Kier alpha value is -0.260. The topological polar surface area (TPSA) is 0 Å². The van der Waals surface area contributed by atoms with Gasteiger partial charge in [0.15, 0.2) is 0 Å². The minimum absolute atomic E-state index is 0.823. The van der Waals surface area contributed by atoms with Gasteiger partial charge in [0.1, 0.15) is 0 Å². The van der Waals surface area contributed by atoms with Crippen LogP contribution in [0.5, 0.6) is 0 Å². The van der Waals surface area contributed by atoms with Crippen LogP contribution in [-0.2, 0) is 0 Å². The second-order valence-electron chi connectivity index (χ2n) is 4.02. The molecule has 0 aliphatic heterocycles. The fraction of sp³-hybridized carbons (Fsp3) is 0.818. The summed E-state index contributed by atoms with van der Waals surface area (Å²) in [6, 6.07) is 0. The van der Waals surface area contributed by atoms with Crippen LogP contribution in [0.4, 0.5) is 0 Å². The van der Waals surface area contributed by atoms with Gasteiger partial charge in [-0.1, -0.05) is 38.8 Å². The van der Waals surface area contributed by atoms with Gasteiger partial charge in [-0.05, 0) is 31.1 Å². The first-order valence-electron chi connectivity index (χ1n) is 4.83. The number of hydrogen-bond donors (Lipinski definition) is 0. The van der Waals surface area contributed by atoms with Crippen molar-refractivity contribution in [1.29, 1.82) is 0 Å². The lowest BCUT2D eigenvalue weighted by atomic mass is 9.73. The molecule has 0 heterocycles. The fourth-order valence-electron chi connectivity index (χ4n) is 2.32. The third-order valence-electron chi connectivity index (χ3n) is 3.37. The standard InChI is InChI=1S/C11H20/c1-5-11-9(3)7-6-8(2)10(11)4/h6,9-11H,5,7H2,1-4H3. The van der Waals surface area contributed by atoms with E-state index in [9.17, 15) is 0 Å². The van der Waals surface area contributed by atoms with Crippen LogP contribution in [0.2, 0.25) is 0 Å². The summed E-state index contributed by atoms with van der Waals surface area (Å²) in [5, 5.41) is 0. The van der Waals surface area contributed by atoms with Gasteiger partial charge in [0.05, 0.1) is 0 Å². The van der Waals surface area contributed by atoms with Crippen LogP contribution in [-0.4, -0.2) is 0 Å². The Balaban J connectivity index is 2.71. The Morgan fingerprint density at radius 3 is 2.55 bits per heavy atom. The maximum Gasteiger partial charge on any atom is -0.0204 e. The van der Waals surface area contributed by atoms with Gasteiger partial charge >= 0.3 is 0 Å². The van der Waals surface area contributed by atoms with Crippen molar-refractivity contribution in [3.05, 3.63) is 11.6 Å². The van der Waals surface area contributed by atoms with Gasteiger partial charge < -0.3 is 0 Å². The normalized spacial score (nSPS) is 38.5. The molecule has 0 aromatic heterocycles. The van der Waals surface area contributed by atoms with Gasteiger partial charge in [-0.15, -0.1) is 0 Å². The predicted molar refractivity (Wildman–Crippen MR) is 50.5 cm³/mol. The molecule has 0 bridgehead atoms. The third kappa shape index (κ3) is 1.66. The lowest BCUT2D eigenvalue weighted by Crippen LogP contribution is -2.23. The molecule has 0 N–H and O–H groups in total. The zero-order chi connectivity index (χ0) is 8.43. The molecule has 1 aliphatic rings. The molecular weight excluding hydrogens is 132 g/mol. The molecule has 0 nitrogen and oxygen atoms in total. The van der Waals surface area contributed by atoms with Crippen molar-refractivity contribution in [2.24, 2.45) is 17.8 Å². The van der Waals surface area contributed by atoms with Crippen LogP contribution in [0.15, 0.2) is 11.6 Å². The van der Waals surface area contributed by atoms with E-state index >= 15 is 0 Å². The molecule has 0 spiro atoms. The van der Waals surface area contributed by atoms with Crippen LogP contribution >= 0.6 is 0 Å². The summed E-state index contributed by atoms with van der Waals surface area (Å²) in [6.07, 6.45) is 5.06. The summed E-state index contributed by atoms with van der Waals surface area (Å²) in [7, 11) is 0. The molecule has 0 heteroatoms. The van der Waals surface area contributed by atoms with Gasteiger partial charge in [-0.2, -0.15) is 0 Å². The maximum absolute atomic E-state index is 2.42. The third-order valence-corrected chi connectivity index (χ3v) is 3.37. The smallest absolute Gasteiger partial charge is 0.0204 e. The van der Waals surface area contributed by atoms with Crippen molar-refractivity contribution in [1.82, 2.24) is 0 Å². The van der Waals surface area contributed by atoms with E-state index in [0.29, 0.717) is 0 Å². The summed E-state index contributed by atoms with van der Waals surface area (Å²) < 4.78 is 0. The van der Waals surface area contributed by atoms with Crippen LogP contribution in [0.1, 0.15) is 40.5 Å². The van der Waals surface area contributed by atoms with E-state index in [4.69, 9.17) is 0 Å². The van der Waals surface area contributed by atoms with Crippen LogP contribution < -0.4 is 0 Å². The Labute approximate surface area is 70.7 Å². The second-order valence-corrected chi connectivity index (χ2v) is 4.02. The van der Waals surface area contributed by atoms with Gasteiger partial charge in [-0.3, -0.25) is 0 Å². The number of allylic oxidation sites excluding steroid dienone is 2. The molecule has 64 valence electrons. The quantitative estimate of drug-likeness (QED) is 0.503. The summed E-state index contributed by atoms with van der Waals surface area (Å²) in [4.78, 5) is 0. The molecular formula is C11H20. The van der Waals surface area contributed by atoms with Crippen molar-refractivity contribution in [3.63, 3.8) is 0 Å². The summed E-state index contributed by atoms with van der Waals surface area (Å²) in [5.41, 5.74) is 1.61. The molecule has 3 atom stereocenters. The van der Waals surface area contributed by atoms with Crippen LogP contribution in [0.3, 0.4) is 0 Å². The molecule has 0 amide bonds. The highest BCUT2D eigenvalue weighted by molar-refractivity contribution is 5.09. The molecule has 0 saturated carbocycles. The summed E-state index contributed by atoms with van der Waals surface area (Å²) >= 11 is 0. The zero-order valence-electron chi connectivity index (χ0n) is 8.22. The molecule has 3 unspecified atom stereocenters. The summed E-state index contributed by atoms with van der Waals surface area (Å²) in [6.45, 7) is 9.35. The largest absolute Gasteiger partial charge is 0.0851 e. The van der Waals surface area contributed by atoms with Gasteiger partial charge in [0.2, 0.25) is 0 Å². The second kappa shape index (κ2) is 3.42. The monoisotopic (exact) mass is 152 g/mol. The molecule has 11 heavy (non-hydrogen) atoms. The minimum Gasteiger partial charge on any atom is -0.0851 e. The lowest BCUT2D eigenvalue weighted by molar-refractivity contribution is 0.258. The van der Waals surface area contributed by atoms with Crippen molar-refractivity contribution in [2.45, 2.75) is 40.5 Å². The van der Waals surface area contributed by atoms with Crippen molar-refractivity contribution in [2.75, 3.05) is 0 Å². The molecule has 0 aromatic carbocycles. The van der Waals surface area contributed by atoms with Crippen molar-refractivity contribution < 1.29 is 0 Å². The van der Waals surface area contributed by atoms with E-state index < -0.39 is 0 Å². The first kappa shape index (κ1) is 8.83. The van der Waals surface area contributed by atoms with Crippen LogP contribution in [0.25, 0.3) is 0 Å². The van der Waals surface area contributed by atoms with E-state index in [2.05, 4.69) is 33.8 Å². The number of hydrogen-bond acceptors (Lipinski definition) is 0. The van der Waals surface area contributed by atoms with Gasteiger partial charge in [-0.25, -0.2) is 0 Å². The summed E-state index contributed by atoms with van der Waals surface area (Å²) in [5.74, 6) is 2.66. The van der Waals surface area contributed by atoms with Crippen molar-refractivity contribution >= 4 is 0 Å². The van der Waals surface area contributed by atoms with Gasteiger partial charge in [0.25, 0.3) is 0 Å². The SMILES string of the molecule is CCC1C(C)CC=C(C)C1C. The van der Waals surface area contributed by atoms with E-state index in [1.165, 1.54) is 12.8 Å². The molecule has 0 radical (unpaired) electrons. The first-order chi connectivity index (χ1) is 5.16. The van der Waals surface area contributed by atoms with Crippen LogP contribution in [0, 0.1) is 17.8 Å². The number of rotatable bonds is 1. The molecule has 1 aliphatic carbocycles. The molecule has 0 saturated heterocycles. The van der Waals surface area contributed by atoms with E-state index in [1.807, 2.05) is 0 Å². The molecule has 1 rings (SSSR count).